The smallest absolute Gasteiger partial charge is 0.203 e. The molecule has 0 radical (unpaired) electrons. The Morgan fingerprint density at radius 3 is 2.50 bits per heavy atom. The molecule has 3 heterocycles. The van der Waals surface area contributed by atoms with Crippen molar-refractivity contribution in [2.75, 3.05) is 0 Å². The van der Waals surface area contributed by atoms with E-state index in [0.29, 0.717) is 5.82 Å². The topological polar surface area (TPSA) is 56.0 Å². The van der Waals surface area contributed by atoms with Gasteiger partial charge in [0.25, 0.3) is 0 Å². The summed E-state index contributed by atoms with van der Waals surface area (Å²) in [6, 6.07) is 13.8. The summed E-state index contributed by atoms with van der Waals surface area (Å²) in [5.41, 5.74) is 2.47. The number of nitrogens with zero attached hydrogens (tertiary/aromatic N) is 5. The molecule has 4 rings (SSSR count). The summed E-state index contributed by atoms with van der Waals surface area (Å²) in [5.74, 6) is 0.662. The highest BCUT2D eigenvalue weighted by Crippen LogP contribution is 2.23. The highest BCUT2D eigenvalue weighted by molar-refractivity contribution is 5.95. The summed E-state index contributed by atoms with van der Waals surface area (Å²) in [5, 5.41) is 15.3. The lowest BCUT2D eigenvalue weighted by Crippen LogP contribution is -1.99. The number of hydrogen-bond acceptors (Lipinski definition) is 4. The molecule has 5 heteroatoms. The molecule has 5 nitrogen and oxygen atoms in total. The van der Waals surface area contributed by atoms with E-state index >= 15 is 0 Å². The summed E-state index contributed by atoms with van der Waals surface area (Å²) in [4.78, 5) is 4.32. The van der Waals surface area contributed by atoms with Gasteiger partial charge in [0.1, 0.15) is 5.69 Å². The van der Waals surface area contributed by atoms with Crippen molar-refractivity contribution in [3.05, 3.63) is 54.4 Å². The van der Waals surface area contributed by atoms with Gasteiger partial charge in [-0.25, -0.2) is 0 Å². The summed E-state index contributed by atoms with van der Waals surface area (Å²) >= 11 is 0. The molecule has 0 saturated carbocycles. The minimum atomic E-state index is 0.662. The first-order valence-corrected chi connectivity index (χ1v) is 6.37. The SMILES string of the molecule is Cc1nn2c(-c3ccccn3)nnc2c2ccccc12. The molecule has 0 aliphatic heterocycles. The number of fused-ring (bicyclic) bond motifs is 3. The van der Waals surface area contributed by atoms with Crippen molar-refractivity contribution in [3.8, 4) is 11.5 Å². The van der Waals surface area contributed by atoms with Gasteiger partial charge < -0.3 is 0 Å². The van der Waals surface area contributed by atoms with Gasteiger partial charge in [0, 0.05) is 17.0 Å². The summed E-state index contributed by atoms with van der Waals surface area (Å²) in [7, 11) is 0. The zero-order valence-electron chi connectivity index (χ0n) is 10.9. The Morgan fingerprint density at radius 2 is 1.70 bits per heavy atom. The van der Waals surface area contributed by atoms with Gasteiger partial charge in [0.05, 0.1) is 5.69 Å². The average molecular weight is 261 g/mol. The number of hydrogen-bond donors (Lipinski definition) is 0. The Kier molecular flexibility index (Phi) is 2.26. The van der Waals surface area contributed by atoms with Crippen molar-refractivity contribution in [3.63, 3.8) is 0 Å². The van der Waals surface area contributed by atoms with Gasteiger partial charge >= 0.3 is 0 Å². The van der Waals surface area contributed by atoms with Crippen molar-refractivity contribution >= 4 is 16.4 Å². The van der Waals surface area contributed by atoms with E-state index < -0.39 is 0 Å². The fraction of sp³-hybridized carbons (Fsp3) is 0.0667. The third-order valence-corrected chi connectivity index (χ3v) is 3.34. The molecule has 0 saturated heterocycles. The first-order chi connectivity index (χ1) is 9.84. The van der Waals surface area contributed by atoms with Crippen molar-refractivity contribution in [2.24, 2.45) is 0 Å². The Bertz CT molecular complexity index is 912. The highest BCUT2D eigenvalue weighted by atomic mass is 15.4. The summed E-state index contributed by atoms with van der Waals surface area (Å²) in [6.07, 6.45) is 1.74. The molecule has 0 atom stereocenters. The molecule has 0 fully saturated rings. The van der Waals surface area contributed by atoms with Gasteiger partial charge in [0.2, 0.25) is 5.82 Å². The van der Waals surface area contributed by atoms with E-state index in [1.807, 2.05) is 49.4 Å². The molecule has 0 spiro atoms. The summed E-state index contributed by atoms with van der Waals surface area (Å²) < 4.78 is 1.76. The van der Waals surface area contributed by atoms with Crippen LogP contribution in [0.1, 0.15) is 5.69 Å². The van der Waals surface area contributed by atoms with E-state index in [0.717, 1.165) is 27.8 Å². The maximum Gasteiger partial charge on any atom is 0.203 e. The highest BCUT2D eigenvalue weighted by Gasteiger charge is 2.13. The predicted octanol–water partition coefficient (Wildman–Crippen LogP) is 2.65. The maximum absolute atomic E-state index is 4.59. The zero-order valence-corrected chi connectivity index (χ0v) is 10.9. The van der Waals surface area contributed by atoms with Gasteiger partial charge in [-0.15, -0.1) is 10.2 Å². The molecular weight excluding hydrogens is 250 g/mol. The lowest BCUT2D eigenvalue weighted by Gasteiger charge is -2.04. The molecule has 96 valence electrons. The molecule has 4 aromatic rings. The molecule has 0 bridgehead atoms. The van der Waals surface area contributed by atoms with Crippen LogP contribution in [0.2, 0.25) is 0 Å². The number of benzene rings is 1. The molecular formula is C15H11N5. The standard InChI is InChI=1S/C15H11N5/c1-10-11-6-2-3-7-12(11)14-17-18-15(20(14)19-10)13-8-4-5-9-16-13/h2-9H,1H3. The quantitative estimate of drug-likeness (QED) is 0.528. The Hall–Kier alpha value is -2.82. The Balaban J connectivity index is 2.12. The van der Waals surface area contributed by atoms with Crippen molar-refractivity contribution in [2.45, 2.75) is 6.92 Å². The monoisotopic (exact) mass is 261 g/mol. The Morgan fingerprint density at radius 1 is 0.900 bits per heavy atom. The van der Waals surface area contributed by atoms with Crippen molar-refractivity contribution in [1.82, 2.24) is 24.8 Å². The van der Waals surface area contributed by atoms with Gasteiger partial charge in [0.15, 0.2) is 5.65 Å². The van der Waals surface area contributed by atoms with E-state index in [2.05, 4.69) is 20.3 Å². The first kappa shape index (κ1) is 11.0. The van der Waals surface area contributed by atoms with Crippen LogP contribution in [-0.4, -0.2) is 24.8 Å². The van der Waals surface area contributed by atoms with Crippen LogP contribution in [0.3, 0.4) is 0 Å². The molecule has 3 aromatic heterocycles. The molecule has 0 unspecified atom stereocenters. The number of rotatable bonds is 1. The van der Waals surface area contributed by atoms with Crippen LogP contribution in [0.5, 0.6) is 0 Å². The zero-order chi connectivity index (χ0) is 13.5. The molecule has 0 amide bonds. The van der Waals surface area contributed by atoms with Crippen molar-refractivity contribution in [1.29, 1.82) is 0 Å². The summed E-state index contributed by atoms with van der Waals surface area (Å²) in [6.45, 7) is 1.99. The van der Waals surface area contributed by atoms with E-state index in [-0.39, 0.29) is 0 Å². The van der Waals surface area contributed by atoms with Crippen LogP contribution < -0.4 is 0 Å². The first-order valence-electron chi connectivity index (χ1n) is 6.37. The van der Waals surface area contributed by atoms with Gasteiger partial charge in [-0.1, -0.05) is 30.3 Å². The number of aryl methyl sites for hydroxylation is 1. The lowest BCUT2D eigenvalue weighted by molar-refractivity contribution is 0.909. The van der Waals surface area contributed by atoms with E-state index in [1.165, 1.54) is 0 Å². The van der Waals surface area contributed by atoms with E-state index in [9.17, 15) is 0 Å². The fourth-order valence-corrected chi connectivity index (χ4v) is 2.39. The van der Waals surface area contributed by atoms with Crippen molar-refractivity contribution < 1.29 is 0 Å². The molecule has 0 aliphatic rings. The normalized spacial score (nSPS) is 11.2. The van der Waals surface area contributed by atoms with Crippen LogP contribution in [0, 0.1) is 6.92 Å². The van der Waals surface area contributed by atoms with Gasteiger partial charge in [-0.05, 0) is 19.1 Å². The second-order valence-corrected chi connectivity index (χ2v) is 4.60. The molecule has 20 heavy (non-hydrogen) atoms. The lowest BCUT2D eigenvalue weighted by atomic mass is 10.1. The molecule has 0 aliphatic carbocycles. The fourth-order valence-electron chi connectivity index (χ4n) is 2.39. The average Bonchev–Trinajstić information content (AvgIpc) is 2.92. The van der Waals surface area contributed by atoms with E-state index in [1.54, 1.807) is 10.7 Å². The van der Waals surface area contributed by atoms with Crippen LogP contribution in [0.15, 0.2) is 48.7 Å². The van der Waals surface area contributed by atoms with Crippen LogP contribution >= 0.6 is 0 Å². The van der Waals surface area contributed by atoms with Gasteiger partial charge in [-0.3, -0.25) is 4.98 Å². The van der Waals surface area contributed by atoms with Crippen LogP contribution in [0.4, 0.5) is 0 Å². The van der Waals surface area contributed by atoms with Gasteiger partial charge in [-0.2, -0.15) is 9.61 Å². The van der Waals surface area contributed by atoms with Crippen LogP contribution in [-0.2, 0) is 0 Å². The molecule has 1 aromatic carbocycles. The second-order valence-electron chi connectivity index (χ2n) is 4.60. The minimum absolute atomic E-state index is 0.662. The number of pyridine rings is 1. The predicted molar refractivity (Wildman–Crippen MR) is 76.3 cm³/mol. The third kappa shape index (κ3) is 1.50. The number of aromatic nitrogens is 5. The largest absolute Gasteiger partial charge is 0.253 e. The molecule has 0 N–H and O–H groups in total. The maximum atomic E-state index is 4.59. The minimum Gasteiger partial charge on any atom is -0.253 e. The Labute approximate surface area is 114 Å². The second kappa shape index (κ2) is 4.09. The van der Waals surface area contributed by atoms with Crippen LogP contribution in [0.25, 0.3) is 27.9 Å². The third-order valence-electron chi connectivity index (χ3n) is 3.34. The van der Waals surface area contributed by atoms with E-state index in [4.69, 9.17) is 0 Å².